The average Bonchev–Trinajstić information content (AvgIpc) is 2.72. The van der Waals surface area contributed by atoms with E-state index >= 15 is 0 Å². The topological polar surface area (TPSA) is 59.1 Å². The maximum Gasteiger partial charge on any atom is 0.267 e. The van der Waals surface area contributed by atoms with Crippen molar-refractivity contribution in [2.45, 2.75) is 6.10 Å². The zero-order chi connectivity index (χ0) is 18.8. The van der Waals surface area contributed by atoms with Gasteiger partial charge in [0.25, 0.3) is 11.8 Å². The summed E-state index contributed by atoms with van der Waals surface area (Å²) in [6, 6.07) is 12.9. The van der Waals surface area contributed by atoms with Crippen LogP contribution in [0.15, 0.2) is 48.5 Å². The van der Waals surface area contributed by atoms with Crippen molar-refractivity contribution in [3.63, 3.8) is 0 Å². The van der Waals surface area contributed by atoms with Gasteiger partial charge in [-0.3, -0.25) is 9.59 Å². The third-order valence-corrected chi connectivity index (χ3v) is 4.73. The second-order valence-corrected chi connectivity index (χ2v) is 6.49. The van der Waals surface area contributed by atoms with Crippen LogP contribution in [0, 0.1) is 5.82 Å². The Hall–Kier alpha value is -3.09. The van der Waals surface area contributed by atoms with E-state index in [2.05, 4.69) is 0 Å². The van der Waals surface area contributed by atoms with Gasteiger partial charge in [-0.1, -0.05) is 18.2 Å². The number of benzene rings is 2. The van der Waals surface area contributed by atoms with Gasteiger partial charge in [0.1, 0.15) is 12.4 Å². The third kappa shape index (κ3) is 3.58. The van der Waals surface area contributed by atoms with Gasteiger partial charge in [-0.15, -0.1) is 0 Å². The standard InChI is InChI=1S/C20H19FN2O4/c21-15-5-3-4-14(12-15)19(24)22-8-10-23(11-9-22)20(25)18-13-26-16-6-1-2-7-17(16)27-18/h1-7,12,18H,8-11,13H2/t18-/m0/s1. The monoisotopic (exact) mass is 370 g/mol. The van der Waals surface area contributed by atoms with Crippen LogP contribution in [0.25, 0.3) is 0 Å². The number of rotatable bonds is 2. The van der Waals surface area contributed by atoms with E-state index in [4.69, 9.17) is 9.47 Å². The summed E-state index contributed by atoms with van der Waals surface area (Å²) in [5.74, 6) is 0.369. The summed E-state index contributed by atoms with van der Waals surface area (Å²) < 4.78 is 24.7. The smallest absolute Gasteiger partial charge is 0.267 e. The van der Waals surface area contributed by atoms with Gasteiger partial charge < -0.3 is 19.3 Å². The van der Waals surface area contributed by atoms with E-state index in [0.29, 0.717) is 43.2 Å². The van der Waals surface area contributed by atoms with Gasteiger partial charge >= 0.3 is 0 Å². The Balaban J connectivity index is 1.35. The number of carbonyl (C=O) groups excluding carboxylic acids is 2. The molecule has 0 N–H and O–H groups in total. The number of nitrogens with zero attached hydrogens (tertiary/aromatic N) is 2. The molecule has 140 valence electrons. The fraction of sp³-hybridized carbons (Fsp3) is 0.300. The van der Waals surface area contributed by atoms with Gasteiger partial charge in [-0.2, -0.15) is 0 Å². The van der Waals surface area contributed by atoms with E-state index in [1.54, 1.807) is 28.0 Å². The Morgan fingerprint density at radius 1 is 0.926 bits per heavy atom. The predicted molar refractivity (Wildman–Crippen MR) is 95.2 cm³/mol. The number of hydrogen-bond donors (Lipinski definition) is 0. The largest absolute Gasteiger partial charge is 0.485 e. The first kappa shape index (κ1) is 17.3. The van der Waals surface area contributed by atoms with E-state index in [1.807, 2.05) is 12.1 Å². The molecule has 0 bridgehead atoms. The molecule has 2 aliphatic rings. The predicted octanol–water partition coefficient (Wildman–Crippen LogP) is 1.95. The van der Waals surface area contributed by atoms with Crippen LogP contribution in [-0.4, -0.2) is 60.5 Å². The lowest BCUT2D eigenvalue weighted by Gasteiger charge is -2.37. The molecule has 0 spiro atoms. The fourth-order valence-electron chi connectivity index (χ4n) is 3.28. The van der Waals surface area contributed by atoms with Crippen molar-refractivity contribution >= 4 is 11.8 Å². The van der Waals surface area contributed by atoms with Crippen molar-refractivity contribution in [2.24, 2.45) is 0 Å². The molecule has 1 fully saturated rings. The normalized spacial score (nSPS) is 18.9. The zero-order valence-corrected chi connectivity index (χ0v) is 14.6. The van der Waals surface area contributed by atoms with Crippen molar-refractivity contribution in [3.05, 3.63) is 59.9 Å². The van der Waals surface area contributed by atoms with Gasteiger partial charge in [0.2, 0.25) is 6.10 Å². The van der Waals surface area contributed by atoms with Crippen molar-refractivity contribution in [2.75, 3.05) is 32.8 Å². The van der Waals surface area contributed by atoms with Gasteiger partial charge in [-0.25, -0.2) is 4.39 Å². The summed E-state index contributed by atoms with van der Waals surface area (Å²) in [5.41, 5.74) is 0.315. The minimum atomic E-state index is -0.689. The Morgan fingerprint density at radius 2 is 1.63 bits per heavy atom. The van der Waals surface area contributed by atoms with E-state index in [-0.39, 0.29) is 18.4 Å². The molecular formula is C20H19FN2O4. The molecule has 2 heterocycles. The summed E-state index contributed by atoms with van der Waals surface area (Å²) in [7, 11) is 0. The highest BCUT2D eigenvalue weighted by Gasteiger charge is 2.33. The molecule has 0 radical (unpaired) electrons. The van der Waals surface area contributed by atoms with E-state index in [0.717, 1.165) is 0 Å². The number of fused-ring (bicyclic) bond motifs is 1. The molecule has 6 nitrogen and oxygen atoms in total. The Kier molecular flexibility index (Phi) is 4.66. The van der Waals surface area contributed by atoms with Crippen molar-refractivity contribution in [1.29, 1.82) is 0 Å². The van der Waals surface area contributed by atoms with Crippen molar-refractivity contribution < 1.29 is 23.5 Å². The fourth-order valence-corrected chi connectivity index (χ4v) is 3.28. The minimum Gasteiger partial charge on any atom is -0.485 e. The van der Waals surface area contributed by atoms with Crippen LogP contribution in [0.1, 0.15) is 10.4 Å². The molecule has 1 atom stereocenters. The molecule has 2 aromatic rings. The zero-order valence-electron chi connectivity index (χ0n) is 14.6. The van der Waals surface area contributed by atoms with Gasteiger partial charge in [0, 0.05) is 31.7 Å². The molecule has 2 aliphatic heterocycles. The number of para-hydroxylation sites is 2. The summed E-state index contributed by atoms with van der Waals surface area (Å²) in [4.78, 5) is 28.5. The number of hydrogen-bond acceptors (Lipinski definition) is 4. The second-order valence-electron chi connectivity index (χ2n) is 6.49. The number of carbonyl (C=O) groups is 2. The van der Waals surface area contributed by atoms with Crippen LogP contribution in [0.2, 0.25) is 0 Å². The molecule has 4 rings (SSSR count). The lowest BCUT2D eigenvalue weighted by Crippen LogP contribution is -2.55. The van der Waals surface area contributed by atoms with Crippen LogP contribution in [0.5, 0.6) is 11.5 Å². The molecule has 7 heteroatoms. The van der Waals surface area contributed by atoms with E-state index < -0.39 is 11.9 Å². The first-order chi connectivity index (χ1) is 13.1. The van der Waals surface area contributed by atoms with Crippen molar-refractivity contribution in [3.8, 4) is 11.5 Å². The van der Waals surface area contributed by atoms with Crippen LogP contribution in [0.4, 0.5) is 4.39 Å². The number of ether oxygens (including phenoxy) is 2. The third-order valence-electron chi connectivity index (χ3n) is 4.73. The van der Waals surface area contributed by atoms with Gasteiger partial charge in [-0.05, 0) is 30.3 Å². The summed E-state index contributed by atoms with van der Waals surface area (Å²) in [6.45, 7) is 1.76. The highest BCUT2D eigenvalue weighted by molar-refractivity contribution is 5.94. The van der Waals surface area contributed by atoms with Crippen LogP contribution >= 0.6 is 0 Å². The molecular weight excluding hydrogens is 351 g/mol. The summed E-state index contributed by atoms with van der Waals surface area (Å²) in [5, 5.41) is 0. The molecule has 2 aromatic carbocycles. The number of halogens is 1. The average molecular weight is 370 g/mol. The van der Waals surface area contributed by atoms with Crippen LogP contribution in [-0.2, 0) is 4.79 Å². The molecule has 0 aromatic heterocycles. The molecule has 1 saturated heterocycles. The Labute approximate surface area is 156 Å². The summed E-state index contributed by atoms with van der Waals surface area (Å²) >= 11 is 0. The Morgan fingerprint density at radius 3 is 2.37 bits per heavy atom. The highest BCUT2D eigenvalue weighted by Crippen LogP contribution is 2.31. The lowest BCUT2D eigenvalue weighted by atomic mass is 10.1. The van der Waals surface area contributed by atoms with Crippen LogP contribution < -0.4 is 9.47 Å². The Bertz CT molecular complexity index is 865. The number of piperazine rings is 1. The van der Waals surface area contributed by atoms with Gasteiger partial charge in [0.05, 0.1) is 0 Å². The highest BCUT2D eigenvalue weighted by atomic mass is 19.1. The molecule has 0 saturated carbocycles. The molecule has 27 heavy (non-hydrogen) atoms. The number of amides is 2. The first-order valence-electron chi connectivity index (χ1n) is 8.84. The van der Waals surface area contributed by atoms with Crippen LogP contribution in [0.3, 0.4) is 0 Å². The quantitative estimate of drug-likeness (QED) is 0.811. The SMILES string of the molecule is O=C(c1cccc(F)c1)N1CCN(C(=O)[C@@H]2COc3ccccc3O2)CC1. The maximum absolute atomic E-state index is 13.3. The van der Waals surface area contributed by atoms with Crippen molar-refractivity contribution in [1.82, 2.24) is 9.80 Å². The molecule has 0 aliphatic carbocycles. The molecule has 2 amide bonds. The second kappa shape index (κ2) is 7.26. The summed E-state index contributed by atoms with van der Waals surface area (Å²) in [6.07, 6.45) is -0.689. The van der Waals surface area contributed by atoms with E-state index in [9.17, 15) is 14.0 Å². The lowest BCUT2D eigenvalue weighted by molar-refractivity contribution is -0.142. The van der Waals surface area contributed by atoms with E-state index in [1.165, 1.54) is 18.2 Å². The van der Waals surface area contributed by atoms with Gasteiger partial charge in [0.15, 0.2) is 11.5 Å². The minimum absolute atomic E-state index is 0.151. The molecule has 0 unspecified atom stereocenters. The maximum atomic E-state index is 13.3. The first-order valence-corrected chi connectivity index (χ1v) is 8.84.